The number of nitrogens with zero attached hydrogens (tertiary/aromatic N) is 3. The van der Waals surface area contributed by atoms with Gasteiger partial charge in [0, 0.05) is 11.9 Å². The summed E-state index contributed by atoms with van der Waals surface area (Å²) in [7, 11) is 0. The number of hydrogen-bond donors (Lipinski definition) is 2. The van der Waals surface area contributed by atoms with Crippen molar-refractivity contribution in [2.75, 3.05) is 5.73 Å². The number of nitrogens with two attached hydrogens (primary N) is 2. The Morgan fingerprint density at radius 2 is 1.82 bits per heavy atom. The van der Waals surface area contributed by atoms with Gasteiger partial charge in [-0.3, -0.25) is 4.79 Å². The van der Waals surface area contributed by atoms with Crippen LogP contribution in [0.5, 0.6) is 0 Å². The van der Waals surface area contributed by atoms with E-state index in [0.717, 1.165) is 53.3 Å². The summed E-state index contributed by atoms with van der Waals surface area (Å²) in [6, 6.07) is 16.3. The zero-order chi connectivity index (χ0) is 23.6. The number of amides is 1. The van der Waals surface area contributed by atoms with Crippen LogP contribution in [-0.4, -0.2) is 20.4 Å². The fourth-order valence-corrected chi connectivity index (χ4v) is 4.63. The smallest absolute Gasteiger partial charge is 0.227 e. The van der Waals surface area contributed by atoms with Gasteiger partial charge in [-0.2, -0.15) is 0 Å². The minimum Gasteiger partial charge on any atom is -0.382 e. The normalized spacial score (nSPS) is 13.6. The fourth-order valence-electron chi connectivity index (χ4n) is 4.63. The Bertz CT molecular complexity index is 1280. The van der Waals surface area contributed by atoms with Crippen molar-refractivity contribution < 1.29 is 4.79 Å². The lowest BCUT2D eigenvalue weighted by atomic mass is 9.77. The number of nitrogen functional groups attached to an aromatic ring is 1. The number of carbonyl (C=O) groups is 1. The lowest BCUT2D eigenvalue weighted by Crippen LogP contribution is -2.38. The van der Waals surface area contributed by atoms with Crippen LogP contribution >= 0.6 is 0 Å². The molecule has 0 saturated carbocycles. The maximum atomic E-state index is 12.5. The van der Waals surface area contributed by atoms with E-state index in [2.05, 4.69) is 58.7 Å². The number of carbonyl (C=O) groups excluding carboxylic acids is 1. The first-order chi connectivity index (χ1) is 15.8. The summed E-state index contributed by atoms with van der Waals surface area (Å²) in [4.78, 5) is 21.4. The number of para-hydroxylation sites is 1. The van der Waals surface area contributed by atoms with Crippen LogP contribution < -0.4 is 11.5 Å². The molecule has 0 aliphatic heterocycles. The number of fused-ring (bicyclic) bond motifs is 3. The average molecular weight is 444 g/mol. The third kappa shape index (κ3) is 4.56. The van der Waals surface area contributed by atoms with Crippen LogP contribution in [0.15, 0.2) is 54.9 Å². The number of imidazole rings is 1. The molecular formula is C27H33N5O. The number of benzene rings is 2. The third-order valence-corrected chi connectivity index (χ3v) is 6.59. The highest BCUT2D eigenvalue weighted by atomic mass is 16.1. The van der Waals surface area contributed by atoms with Gasteiger partial charge in [0.25, 0.3) is 0 Å². The van der Waals surface area contributed by atoms with Crippen molar-refractivity contribution in [2.24, 2.45) is 11.7 Å². The van der Waals surface area contributed by atoms with E-state index in [-0.39, 0.29) is 5.91 Å². The van der Waals surface area contributed by atoms with Crippen molar-refractivity contribution in [2.45, 2.75) is 58.4 Å². The van der Waals surface area contributed by atoms with E-state index in [4.69, 9.17) is 11.5 Å². The van der Waals surface area contributed by atoms with Gasteiger partial charge in [0.2, 0.25) is 5.91 Å². The van der Waals surface area contributed by atoms with Crippen molar-refractivity contribution in [3.8, 4) is 0 Å². The molecular weight excluding hydrogens is 410 g/mol. The van der Waals surface area contributed by atoms with Gasteiger partial charge in [-0.15, -0.1) is 0 Å². The lowest BCUT2D eigenvalue weighted by molar-refractivity contribution is -0.123. The zero-order valence-electron chi connectivity index (χ0n) is 19.7. The number of anilines is 1. The maximum absolute atomic E-state index is 12.5. The molecule has 1 atom stereocenters. The van der Waals surface area contributed by atoms with Gasteiger partial charge in [-0.25, -0.2) is 9.97 Å². The van der Waals surface area contributed by atoms with E-state index in [9.17, 15) is 4.79 Å². The molecule has 172 valence electrons. The maximum Gasteiger partial charge on any atom is 0.227 e. The molecule has 2 aromatic carbocycles. The Balaban J connectivity index is 1.48. The third-order valence-electron chi connectivity index (χ3n) is 6.59. The van der Waals surface area contributed by atoms with Crippen LogP contribution in [0.3, 0.4) is 0 Å². The van der Waals surface area contributed by atoms with Crippen LogP contribution in [0.1, 0.15) is 51.2 Å². The minimum atomic E-state index is -0.686. The number of aromatic nitrogens is 3. The number of aryl methyl sites for hydroxylation is 1. The van der Waals surface area contributed by atoms with Gasteiger partial charge < -0.3 is 16.0 Å². The predicted octanol–water partition coefficient (Wildman–Crippen LogP) is 4.98. The van der Waals surface area contributed by atoms with Crippen LogP contribution in [0, 0.1) is 5.92 Å². The molecule has 0 fully saturated rings. The Hall–Kier alpha value is -3.41. The molecule has 0 aliphatic rings. The molecule has 1 unspecified atom stereocenters. The summed E-state index contributed by atoms with van der Waals surface area (Å²) in [5.74, 6) is 0.766. The van der Waals surface area contributed by atoms with Crippen LogP contribution in [-0.2, 0) is 23.2 Å². The number of hydrogen-bond acceptors (Lipinski definition) is 4. The van der Waals surface area contributed by atoms with E-state index in [1.807, 2.05) is 31.5 Å². The minimum absolute atomic E-state index is 0.281. The molecule has 2 aromatic heterocycles. The summed E-state index contributed by atoms with van der Waals surface area (Å²) in [5, 5.41) is 1.04. The first-order valence-corrected chi connectivity index (χ1v) is 11.7. The molecule has 0 aliphatic carbocycles. The summed E-state index contributed by atoms with van der Waals surface area (Å²) >= 11 is 0. The van der Waals surface area contributed by atoms with E-state index < -0.39 is 5.41 Å². The van der Waals surface area contributed by atoms with Crippen molar-refractivity contribution in [3.63, 3.8) is 0 Å². The standard InChI is InChI=1S/C27H33N5O/c1-18(2)16-19-10-12-20(13-11-19)27(3,26(29)33)14-6-7-15-32-17-30-23-24(32)21-8-4-5-9-22(21)31-25(23)28/h4-5,8-13,17-18H,6-7,14-16H2,1-3H3,(H2,28,31)(H2,29,33). The molecule has 6 heteroatoms. The average Bonchev–Trinajstić information content (AvgIpc) is 3.21. The van der Waals surface area contributed by atoms with E-state index in [1.165, 1.54) is 5.56 Å². The van der Waals surface area contributed by atoms with E-state index in [1.54, 1.807) is 0 Å². The largest absolute Gasteiger partial charge is 0.382 e. The van der Waals surface area contributed by atoms with Crippen LogP contribution in [0.2, 0.25) is 0 Å². The Morgan fingerprint density at radius 1 is 1.09 bits per heavy atom. The number of primary amides is 1. The second kappa shape index (κ2) is 9.22. The van der Waals surface area contributed by atoms with Gasteiger partial charge in [0.1, 0.15) is 5.52 Å². The summed E-state index contributed by atoms with van der Waals surface area (Å²) < 4.78 is 2.14. The van der Waals surface area contributed by atoms with Crippen molar-refractivity contribution >= 4 is 33.7 Å². The molecule has 6 nitrogen and oxygen atoms in total. The van der Waals surface area contributed by atoms with Crippen molar-refractivity contribution in [1.29, 1.82) is 0 Å². The predicted molar refractivity (Wildman–Crippen MR) is 135 cm³/mol. The molecule has 4 rings (SSSR count). The fraction of sp³-hybridized carbons (Fsp3) is 0.370. The van der Waals surface area contributed by atoms with Gasteiger partial charge in [0.15, 0.2) is 5.82 Å². The SMILES string of the molecule is CC(C)Cc1ccc(C(C)(CCCCn2cnc3c(N)nc4ccccc4c32)C(N)=O)cc1. The molecule has 4 aromatic rings. The van der Waals surface area contributed by atoms with Gasteiger partial charge in [0.05, 0.1) is 22.8 Å². The van der Waals surface area contributed by atoms with Crippen molar-refractivity contribution in [1.82, 2.24) is 14.5 Å². The first-order valence-electron chi connectivity index (χ1n) is 11.7. The van der Waals surface area contributed by atoms with E-state index >= 15 is 0 Å². The number of unbranched alkanes of at least 4 members (excludes halogenated alkanes) is 1. The van der Waals surface area contributed by atoms with Crippen LogP contribution in [0.25, 0.3) is 21.9 Å². The lowest BCUT2D eigenvalue weighted by Gasteiger charge is -2.27. The van der Waals surface area contributed by atoms with Gasteiger partial charge in [-0.05, 0) is 49.3 Å². The van der Waals surface area contributed by atoms with E-state index in [0.29, 0.717) is 18.2 Å². The monoisotopic (exact) mass is 443 g/mol. The number of pyridine rings is 1. The Labute approximate surface area is 195 Å². The highest BCUT2D eigenvalue weighted by Crippen LogP contribution is 2.31. The molecule has 33 heavy (non-hydrogen) atoms. The summed E-state index contributed by atoms with van der Waals surface area (Å²) in [6.45, 7) is 7.16. The molecule has 4 N–H and O–H groups in total. The van der Waals surface area contributed by atoms with Crippen LogP contribution in [0.4, 0.5) is 5.82 Å². The Morgan fingerprint density at radius 3 is 2.52 bits per heavy atom. The summed E-state index contributed by atoms with van der Waals surface area (Å²) in [5.41, 5.74) is 16.2. The quantitative estimate of drug-likeness (QED) is 0.356. The molecule has 1 amide bonds. The highest BCUT2D eigenvalue weighted by Gasteiger charge is 2.32. The molecule has 0 radical (unpaired) electrons. The second-order valence-corrected chi connectivity index (χ2v) is 9.60. The van der Waals surface area contributed by atoms with Gasteiger partial charge in [-0.1, -0.05) is 62.7 Å². The first kappa shape index (κ1) is 22.8. The zero-order valence-corrected chi connectivity index (χ0v) is 19.7. The highest BCUT2D eigenvalue weighted by molar-refractivity contribution is 6.06. The molecule has 2 heterocycles. The molecule has 0 saturated heterocycles. The summed E-state index contributed by atoms with van der Waals surface area (Å²) in [6.07, 6.45) is 5.32. The van der Waals surface area contributed by atoms with Gasteiger partial charge >= 0.3 is 0 Å². The van der Waals surface area contributed by atoms with Crippen molar-refractivity contribution in [3.05, 3.63) is 66.0 Å². The Kier molecular flexibility index (Phi) is 6.36. The molecule has 0 bridgehead atoms. The molecule has 0 spiro atoms. The second-order valence-electron chi connectivity index (χ2n) is 9.60. The topological polar surface area (TPSA) is 99.8 Å². The number of rotatable bonds is 9.